The molecular weight excluding hydrogens is 468 g/mol. The monoisotopic (exact) mass is 501 g/mol. The zero-order valence-corrected chi connectivity index (χ0v) is 24.3. The van der Waals surface area contributed by atoms with E-state index in [1.807, 2.05) is 0 Å². The van der Waals surface area contributed by atoms with Crippen LogP contribution in [0.25, 0.3) is 0 Å². The summed E-state index contributed by atoms with van der Waals surface area (Å²) in [5.41, 5.74) is 0. The fourth-order valence-electron chi connectivity index (χ4n) is 2.58. The molecule has 0 amide bonds. The van der Waals surface area contributed by atoms with Crippen LogP contribution in [0.15, 0.2) is 0 Å². The first-order valence-corrected chi connectivity index (χ1v) is 11.3. The van der Waals surface area contributed by atoms with Gasteiger partial charge in [0.15, 0.2) is 4.87 Å². The van der Waals surface area contributed by atoms with Gasteiger partial charge in [-0.25, -0.2) is 0 Å². The van der Waals surface area contributed by atoms with E-state index >= 15 is 0 Å². The van der Waals surface area contributed by atoms with Crippen molar-refractivity contribution in [2.24, 2.45) is 0 Å². The van der Waals surface area contributed by atoms with Crippen LogP contribution in [0.2, 0.25) is 0 Å². The number of hydrogen-bond donors (Lipinski definition) is 4. The van der Waals surface area contributed by atoms with Crippen molar-refractivity contribution >= 4 is 28.0 Å². The predicted octanol–water partition coefficient (Wildman–Crippen LogP) is -6.61. The van der Waals surface area contributed by atoms with Crippen molar-refractivity contribution in [3.63, 3.8) is 0 Å². The Morgan fingerprint density at radius 2 is 1.34 bits per heavy atom. The Labute approximate surface area is 234 Å². The van der Waals surface area contributed by atoms with Crippen LogP contribution in [-0.2, 0) is 24.5 Å². The second-order valence-corrected chi connectivity index (χ2v) is 8.58. The number of aliphatic hydroxyl groups is 1. The first-order chi connectivity index (χ1) is 13.8. The normalized spacial score (nSPS) is 13.2. The van der Waals surface area contributed by atoms with E-state index in [2.05, 4.69) is 6.92 Å². The molecule has 0 bridgehead atoms. The molecule has 4 N–H and O–H groups in total. The molecule has 2 atom stereocenters. The Kier molecular flexibility index (Phi) is 26.8. The molecule has 11 nitrogen and oxygen atoms in total. The van der Waals surface area contributed by atoms with E-state index in [9.17, 15) is 33.0 Å². The maximum atomic E-state index is 10.8. The number of carboxylic acid groups (broad SMARTS) is 3. The Morgan fingerprint density at radius 1 is 0.938 bits per heavy atom. The first kappa shape index (κ1) is 39.5. The Balaban J connectivity index is -0.000000232. The van der Waals surface area contributed by atoms with E-state index in [-0.39, 0.29) is 59.1 Å². The number of aliphatic carboxylic acids is 3. The van der Waals surface area contributed by atoms with Gasteiger partial charge in [0.1, 0.15) is 6.23 Å². The third kappa shape index (κ3) is 19.7. The molecule has 0 aliphatic heterocycles. The number of rotatable bonds is 16. The zero-order chi connectivity index (χ0) is 23.8. The average molecular weight is 502 g/mol. The van der Waals surface area contributed by atoms with Crippen molar-refractivity contribution in [2.45, 2.75) is 95.6 Å². The quantitative estimate of drug-likeness (QED) is 0.0677. The standard InChI is InChI=1S/C12H24O2.C6H11NO8S.2Na/c1-2-3-4-5-6-7-8-9-10-11-12(13)14;1-3(8)7-6(5(11)12,2-4(9)10)16(13,14)15;;/h2-11H2,1H3,(H,13,14);3,7-8H,2H2,1H3,(H,9,10)(H,11,12)(H,13,14,15);;/q;;2*+1/p-2. The predicted molar refractivity (Wildman–Crippen MR) is 103 cm³/mol. The number of hydrogen-bond acceptors (Lipinski definition) is 9. The van der Waals surface area contributed by atoms with Gasteiger partial charge in [-0.05, 0) is 13.3 Å². The zero-order valence-electron chi connectivity index (χ0n) is 19.5. The van der Waals surface area contributed by atoms with E-state index in [1.54, 1.807) is 0 Å². The topological polar surface area (TPSA) is 204 Å². The number of carbonyl (C=O) groups excluding carboxylic acids is 2. The molecule has 0 rings (SSSR count). The molecule has 0 radical (unpaired) electrons. The van der Waals surface area contributed by atoms with Crippen molar-refractivity contribution in [2.75, 3.05) is 0 Å². The molecule has 2 unspecified atom stereocenters. The second kappa shape index (κ2) is 21.8. The Bertz CT molecular complexity index is 631. The van der Waals surface area contributed by atoms with Crippen LogP contribution in [0.4, 0.5) is 0 Å². The van der Waals surface area contributed by atoms with Crippen LogP contribution < -0.4 is 74.6 Å². The third-order valence-electron chi connectivity index (χ3n) is 4.10. The summed E-state index contributed by atoms with van der Waals surface area (Å²) in [6, 6.07) is 0. The summed E-state index contributed by atoms with van der Waals surface area (Å²) in [5, 5.41) is 39.6. The molecule has 14 heteroatoms. The summed E-state index contributed by atoms with van der Waals surface area (Å²) >= 11 is 0. The van der Waals surface area contributed by atoms with E-state index in [1.165, 1.54) is 50.3 Å². The van der Waals surface area contributed by atoms with Gasteiger partial charge in [0.2, 0.25) is 0 Å². The van der Waals surface area contributed by atoms with Crippen molar-refractivity contribution < 1.29 is 107 Å². The van der Waals surface area contributed by atoms with E-state index in [0.717, 1.165) is 19.8 Å². The molecule has 0 aromatic carbocycles. The molecule has 0 fully saturated rings. The molecule has 0 aliphatic carbocycles. The van der Waals surface area contributed by atoms with Gasteiger partial charge in [0, 0.05) is 18.8 Å². The van der Waals surface area contributed by atoms with Crippen molar-refractivity contribution in [3.8, 4) is 0 Å². The van der Waals surface area contributed by atoms with Crippen LogP contribution in [0.3, 0.4) is 0 Å². The number of carbonyl (C=O) groups is 3. The van der Waals surface area contributed by atoms with Gasteiger partial charge >= 0.3 is 65.1 Å². The molecule has 0 aromatic heterocycles. The largest absolute Gasteiger partial charge is 1.00 e. The maximum absolute atomic E-state index is 10.8. The second-order valence-electron chi connectivity index (χ2n) is 6.93. The van der Waals surface area contributed by atoms with Crippen LogP contribution in [0, 0.1) is 0 Å². The van der Waals surface area contributed by atoms with Crippen molar-refractivity contribution in [1.82, 2.24) is 5.32 Å². The minimum atomic E-state index is -5.37. The molecule has 0 aliphatic rings. The van der Waals surface area contributed by atoms with E-state index in [4.69, 9.17) is 14.8 Å². The number of aliphatic hydroxyl groups excluding tert-OH is 1. The van der Waals surface area contributed by atoms with Crippen LogP contribution in [0.5, 0.6) is 0 Å². The van der Waals surface area contributed by atoms with Gasteiger partial charge in [-0.3, -0.25) is 14.7 Å². The van der Waals surface area contributed by atoms with E-state index < -0.39 is 45.5 Å². The van der Waals surface area contributed by atoms with E-state index in [0.29, 0.717) is 6.42 Å². The molecule has 178 valence electrons. The van der Waals surface area contributed by atoms with Crippen LogP contribution >= 0.6 is 0 Å². The fraction of sp³-hybridized carbons (Fsp3) is 0.833. The summed E-state index contributed by atoms with van der Waals surface area (Å²) in [4.78, 5) is 27.7. The first-order valence-electron chi connectivity index (χ1n) is 9.86. The van der Waals surface area contributed by atoms with Gasteiger partial charge in [0.05, 0.1) is 5.97 Å². The maximum Gasteiger partial charge on any atom is 1.00 e. The summed E-state index contributed by atoms with van der Waals surface area (Å²) < 4.78 is 30.4. The fourth-order valence-corrected chi connectivity index (χ4v) is 3.41. The number of unbranched alkanes of at least 4 members (excludes halogenated alkanes) is 8. The van der Waals surface area contributed by atoms with Crippen LogP contribution in [-0.4, -0.2) is 52.2 Å². The van der Waals surface area contributed by atoms with Gasteiger partial charge in [-0.1, -0.05) is 58.3 Å². The molecule has 0 saturated heterocycles. The average Bonchev–Trinajstić information content (AvgIpc) is 2.58. The summed E-state index contributed by atoms with van der Waals surface area (Å²) in [7, 11) is -5.37. The molecule has 0 heterocycles. The molecular formula is C18H33NNa2O10S. The summed E-state index contributed by atoms with van der Waals surface area (Å²) in [5.74, 6) is -5.14. The Hall–Kier alpha value is 0.240. The van der Waals surface area contributed by atoms with Gasteiger partial charge in [-0.2, -0.15) is 8.42 Å². The number of carboxylic acids is 3. The molecule has 0 spiro atoms. The van der Waals surface area contributed by atoms with Crippen molar-refractivity contribution in [1.29, 1.82) is 0 Å². The van der Waals surface area contributed by atoms with Gasteiger partial charge in [-0.15, -0.1) is 0 Å². The minimum Gasteiger partial charge on any atom is -0.550 e. The molecule has 0 aromatic rings. The number of nitrogens with one attached hydrogen (secondary N) is 1. The van der Waals surface area contributed by atoms with Crippen molar-refractivity contribution in [3.05, 3.63) is 0 Å². The summed E-state index contributed by atoms with van der Waals surface area (Å²) in [6.07, 6.45) is 8.16. The van der Waals surface area contributed by atoms with Gasteiger partial charge < -0.3 is 30.0 Å². The molecule has 0 saturated carbocycles. The smallest absolute Gasteiger partial charge is 0.550 e. The Morgan fingerprint density at radius 3 is 1.62 bits per heavy atom. The SMILES string of the molecule is CC(O)NC(CC(=O)[O-])(C(=O)[O-])S(=O)(=O)O.CCCCCCCCCCCC(=O)O.[Na+].[Na+]. The minimum absolute atomic E-state index is 0. The summed E-state index contributed by atoms with van der Waals surface area (Å²) in [6.45, 7) is 3.16. The van der Waals surface area contributed by atoms with Crippen LogP contribution in [0.1, 0.15) is 84.5 Å². The third-order valence-corrected chi connectivity index (χ3v) is 5.41. The van der Waals surface area contributed by atoms with Gasteiger partial charge in [0.25, 0.3) is 10.1 Å². The molecule has 32 heavy (non-hydrogen) atoms.